The molecule has 0 aromatic carbocycles. The van der Waals surface area contributed by atoms with Gasteiger partial charge in [0.15, 0.2) is 12.7 Å². The van der Waals surface area contributed by atoms with Crippen molar-refractivity contribution in [3.63, 3.8) is 0 Å². The van der Waals surface area contributed by atoms with E-state index < -0.39 is 24.6 Å². The summed E-state index contributed by atoms with van der Waals surface area (Å²) in [6.07, 6.45) is -0.988. The van der Waals surface area contributed by atoms with E-state index in [9.17, 15) is 14.4 Å². The quantitative estimate of drug-likeness (QED) is 0.334. The van der Waals surface area contributed by atoms with E-state index in [-0.39, 0.29) is 13.1 Å². The van der Waals surface area contributed by atoms with Crippen LogP contribution in [-0.4, -0.2) is 37.7 Å². The van der Waals surface area contributed by atoms with Crippen molar-refractivity contribution in [3.05, 3.63) is 0 Å². The van der Waals surface area contributed by atoms with Gasteiger partial charge < -0.3 is 14.2 Å². The molecule has 14 heavy (non-hydrogen) atoms. The molecule has 0 aliphatic carbocycles. The summed E-state index contributed by atoms with van der Waals surface area (Å²) >= 11 is 0. The minimum absolute atomic E-state index is 0.121. The van der Waals surface area contributed by atoms with Gasteiger partial charge >= 0.3 is 11.9 Å². The molecule has 0 N–H and O–H groups in total. The Kier molecular flexibility index (Phi) is 6.09. The maximum atomic E-state index is 10.9. The summed E-state index contributed by atoms with van der Waals surface area (Å²) in [6.45, 7) is 2.84. The minimum Gasteiger partial charge on any atom is -0.463 e. The molecular weight excluding hydrogens is 192 g/mol. The number of esters is 2. The van der Waals surface area contributed by atoms with Crippen LogP contribution in [0.4, 0.5) is 0 Å². The Hall–Kier alpha value is -1.59. The molecule has 0 fully saturated rings. The third-order valence-corrected chi connectivity index (χ3v) is 1.20. The van der Waals surface area contributed by atoms with Crippen LogP contribution in [-0.2, 0) is 28.6 Å². The second-order valence-electron chi connectivity index (χ2n) is 2.29. The summed E-state index contributed by atoms with van der Waals surface area (Å²) in [5.41, 5.74) is 0. The van der Waals surface area contributed by atoms with Crippen LogP contribution < -0.4 is 0 Å². The molecule has 0 bridgehead atoms. The zero-order valence-electron chi connectivity index (χ0n) is 8.02. The van der Waals surface area contributed by atoms with Gasteiger partial charge in [0.25, 0.3) is 6.47 Å². The predicted molar refractivity (Wildman–Crippen MR) is 44.2 cm³/mol. The zero-order chi connectivity index (χ0) is 11.0. The first-order valence-electron chi connectivity index (χ1n) is 4.03. The van der Waals surface area contributed by atoms with Gasteiger partial charge in [0.2, 0.25) is 0 Å². The molecule has 0 heterocycles. The van der Waals surface area contributed by atoms with Crippen LogP contribution in [0.2, 0.25) is 0 Å². The Bertz CT molecular complexity index is 212. The summed E-state index contributed by atoms with van der Waals surface area (Å²) in [7, 11) is 0. The largest absolute Gasteiger partial charge is 0.463 e. The van der Waals surface area contributed by atoms with Gasteiger partial charge in [-0.3, -0.25) is 4.79 Å². The highest BCUT2D eigenvalue weighted by Gasteiger charge is 2.18. The van der Waals surface area contributed by atoms with Crippen LogP contribution in [0.25, 0.3) is 0 Å². The average molecular weight is 204 g/mol. The highest BCUT2D eigenvalue weighted by atomic mass is 16.6. The Morgan fingerprint density at radius 1 is 1.43 bits per heavy atom. The van der Waals surface area contributed by atoms with E-state index in [4.69, 9.17) is 0 Å². The van der Waals surface area contributed by atoms with Crippen molar-refractivity contribution in [2.75, 3.05) is 13.2 Å². The summed E-state index contributed by atoms with van der Waals surface area (Å²) in [5.74, 6) is -1.43. The lowest BCUT2D eigenvalue weighted by Gasteiger charge is -2.10. The summed E-state index contributed by atoms with van der Waals surface area (Å²) < 4.78 is 13.3. The first-order valence-corrected chi connectivity index (χ1v) is 4.03. The molecule has 0 rings (SSSR count). The van der Waals surface area contributed by atoms with Crippen molar-refractivity contribution >= 4 is 18.4 Å². The number of ether oxygens (including phenoxy) is 3. The van der Waals surface area contributed by atoms with Crippen LogP contribution in [0, 0.1) is 0 Å². The molecule has 6 nitrogen and oxygen atoms in total. The Balaban J connectivity index is 3.80. The summed E-state index contributed by atoms with van der Waals surface area (Å²) in [5, 5.41) is 0. The third-order valence-electron chi connectivity index (χ3n) is 1.20. The molecule has 0 radical (unpaired) electrons. The lowest BCUT2D eigenvalue weighted by Crippen LogP contribution is -2.28. The van der Waals surface area contributed by atoms with Crippen LogP contribution in [0.15, 0.2) is 0 Å². The number of hydrogen-bond donors (Lipinski definition) is 0. The molecule has 80 valence electrons. The third kappa shape index (κ3) is 5.13. The topological polar surface area (TPSA) is 78.9 Å². The normalized spacial score (nSPS) is 11.3. The number of carbonyl (C=O) groups is 3. The Labute approximate surface area is 81.1 Å². The van der Waals surface area contributed by atoms with E-state index in [1.54, 1.807) is 6.92 Å². The van der Waals surface area contributed by atoms with E-state index >= 15 is 0 Å². The van der Waals surface area contributed by atoms with E-state index in [1.165, 1.54) is 6.92 Å². The molecule has 0 aliphatic heterocycles. The number of hydrogen-bond acceptors (Lipinski definition) is 6. The lowest BCUT2D eigenvalue weighted by atomic mass is 10.4. The number of rotatable bonds is 6. The van der Waals surface area contributed by atoms with Crippen molar-refractivity contribution in [3.8, 4) is 0 Å². The van der Waals surface area contributed by atoms with E-state index in [0.717, 1.165) is 0 Å². The van der Waals surface area contributed by atoms with Gasteiger partial charge in [-0.15, -0.1) is 0 Å². The minimum atomic E-state index is -0.988. The van der Waals surface area contributed by atoms with E-state index in [0.29, 0.717) is 0 Å². The SMILES string of the molecule is CCOC(=O)C(C)OC(=O)COC=O. The molecule has 0 aromatic rings. The molecule has 6 heteroatoms. The highest BCUT2D eigenvalue weighted by Crippen LogP contribution is 1.95. The molecule has 0 aliphatic rings. The lowest BCUT2D eigenvalue weighted by molar-refractivity contribution is -0.169. The second kappa shape index (κ2) is 6.88. The summed E-state index contributed by atoms with van der Waals surface area (Å²) in [4.78, 5) is 31.5. The van der Waals surface area contributed by atoms with Gasteiger partial charge in [0.05, 0.1) is 6.61 Å². The standard InChI is InChI=1S/C8H12O6/c1-3-13-8(11)6(2)14-7(10)4-12-5-9/h5-6H,3-4H2,1-2H3. The first-order chi connectivity index (χ1) is 6.61. The number of carbonyl (C=O) groups excluding carboxylic acids is 3. The fourth-order valence-electron chi connectivity index (χ4n) is 0.641. The molecule has 0 spiro atoms. The maximum absolute atomic E-state index is 10.9. The van der Waals surface area contributed by atoms with Gasteiger partial charge in [0.1, 0.15) is 0 Å². The molecule has 1 unspecified atom stereocenters. The van der Waals surface area contributed by atoms with E-state index in [1.807, 2.05) is 0 Å². The fourth-order valence-corrected chi connectivity index (χ4v) is 0.641. The van der Waals surface area contributed by atoms with Gasteiger partial charge in [0, 0.05) is 0 Å². The van der Waals surface area contributed by atoms with Crippen molar-refractivity contribution in [2.24, 2.45) is 0 Å². The Morgan fingerprint density at radius 2 is 2.07 bits per heavy atom. The molecule has 0 amide bonds. The molecule has 0 saturated carbocycles. The molecular formula is C8H12O6. The first kappa shape index (κ1) is 12.4. The van der Waals surface area contributed by atoms with Gasteiger partial charge in [-0.2, -0.15) is 0 Å². The highest BCUT2D eigenvalue weighted by molar-refractivity contribution is 5.79. The predicted octanol–water partition coefficient (Wildman–Crippen LogP) is -0.346. The van der Waals surface area contributed by atoms with Crippen LogP contribution >= 0.6 is 0 Å². The summed E-state index contributed by atoms with van der Waals surface area (Å²) in [6, 6.07) is 0. The van der Waals surface area contributed by atoms with Crippen molar-refractivity contribution in [1.82, 2.24) is 0 Å². The second-order valence-corrected chi connectivity index (χ2v) is 2.29. The van der Waals surface area contributed by atoms with Gasteiger partial charge in [-0.25, -0.2) is 9.59 Å². The van der Waals surface area contributed by atoms with Crippen molar-refractivity contribution in [1.29, 1.82) is 0 Å². The van der Waals surface area contributed by atoms with Crippen molar-refractivity contribution < 1.29 is 28.6 Å². The molecule has 0 saturated heterocycles. The van der Waals surface area contributed by atoms with Gasteiger partial charge in [-0.05, 0) is 13.8 Å². The van der Waals surface area contributed by atoms with Crippen molar-refractivity contribution in [2.45, 2.75) is 20.0 Å². The van der Waals surface area contributed by atoms with Gasteiger partial charge in [-0.1, -0.05) is 0 Å². The zero-order valence-corrected chi connectivity index (χ0v) is 8.02. The smallest absolute Gasteiger partial charge is 0.347 e. The monoisotopic (exact) mass is 204 g/mol. The fraction of sp³-hybridized carbons (Fsp3) is 0.625. The van der Waals surface area contributed by atoms with Crippen LogP contribution in [0.5, 0.6) is 0 Å². The van der Waals surface area contributed by atoms with Crippen LogP contribution in [0.3, 0.4) is 0 Å². The average Bonchev–Trinajstić information content (AvgIpc) is 2.15. The molecule has 1 atom stereocenters. The maximum Gasteiger partial charge on any atom is 0.347 e. The Morgan fingerprint density at radius 3 is 2.57 bits per heavy atom. The molecule has 0 aromatic heterocycles. The van der Waals surface area contributed by atoms with Crippen LogP contribution in [0.1, 0.15) is 13.8 Å². The van der Waals surface area contributed by atoms with E-state index in [2.05, 4.69) is 14.2 Å².